The molecule has 4 saturated carbocycles. The summed E-state index contributed by atoms with van der Waals surface area (Å²) in [5.74, 6) is 5.20. The minimum atomic E-state index is 0.927. The Morgan fingerprint density at radius 3 is 2.29 bits per heavy atom. The van der Waals surface area contributed by atoms with Gasteiger partial charge in [-0.15, -0.1) is 0 Å². The first-order valence-corrected chi connectivity index (χ1v) is 7.36. The zero-order chi connectivity index (χ0) is 11.0. The molecular weight excluding hydrogens is 203 g/mol. The van der Waals surface area contributed by atoms with Crippen LogP contribution in [0.5, 0.6) is 0 Å². The van der Waals surface area contributed by atoms with E-state index in [4.69, 9.17) is 0 Å². The van der Waals surface area contributed by atoms with E-state index >= 15 is 0 Å². The summed E-state index contributed by atoms with van der Waals surface area (Å²) in [5.41, 5.74) is 4.86. The van der Waals surface area contributed by atoms with Gasteiger partial charge in [0.2, 0.25) is 0 Å². The van der Waals surface area contributed by atoms with E-state index in [1.807, 2.05) is 0 Å². The summed E-state index contributed by atoms with van der Waals surface area (Å²) in [6.45, 7) is 0. The van der Waals surface area contributed by atoms with Crippen LogP contribution in [0, 0.1) is 23.7 Å². The van der Waals surface area contributed by atoms with E-state index in [1.54, 1.807) is 43.1 Å². The Balaban J connectivity index is 1.58. The van der Waals surface area contributed by atoms with Crippen LogP contribution in [0.4, 0.5) is 0 Å². The van der Waals surface area contributed by atoms with Crippen LogP contribution >= 0.6 is 0 Å². The zero-order valence-corrected chi connectivity index (χ0v) is 10.2. The first-order valence-electron chi connectivity index (χ1n) is 7.36. The topological polar surface area (TPSA) is 0 Å². The van der Waals surface area contributed by atoms with Gasteiger partial charge in [0.05, 0.1) is 0 Å². The number of hydrogen-bond acceptors (Lipinski definition) is 0. The van der Waals surface area contributed by atoms with E-state index in [1.165, 1.54) is 5.46 Å². The molecule has 0 spiro atoms. The van der Waals surface area contributed by atoms with Gasteiger partial charge in [-0.25, -0.2) is 0 Å². The Bertz CT molecular complexity index is 462. The van der Waals surface area contributed by atoms with E-state index in [9.17, 15) is 0 Å². The maximum Gasteiger partial charge on any atom is 0.190 e. The molecule has 1 radical (unpaired) electrons. The van der Waals surface area contributed by atoms with E-state index in [0.29, 0.717) is 0 Å². The summed E-state index contributed by atoms with van der Waals surface area (Å²) in [7, 11) is 2.39. The predicted octanol–water partition coefficient (Wildman–Crippen LogP) is 2.19. The molecule has 6 rings (SSSR count). The van der Waals surface area contributed by atoms with Gasteiger partial charge in [-0.2, -0.15) is 0 Å². The molecule has 1 aromatic carbocycles. The molecule has 0 unspecified atom stereocenters. The van der Waals surface area contributed by atoms with Crippen LogP contribution in [0.1, 0.15) is 43.6 Å². The first-order chi connectivity index (χ1) is 8.38. The van der Waals surface area contributed by atoms with Crippen molar-refractivity contribution in [3.8, 4) is 0 Å². The lowest BCUT2D eigenvalue weighted by atomic mass is 9.50. The van der Waals surface area contributed by atoms with Gasteiger partial charge in [-0.3, -0.25) is 0 Å². The van der Waals surface area contributed by atoms with E-state index < -0.39 is 0 Å². The molecule has 0 atom stereocenters. The standard InChI is InChI=1S/C16H18B/c1-2-13(16-14(3-1)17-16)15-11-5-9-4-10(7-11)8-12(15)6-9/h1-3,9-12,15H,4-8H2. The van der Waals surface area contributed by atoms with Crippen LogP contribution in [-0.4, -0.2) is 7.28 Å². The second-order valence-corrected chi connectivity index (χ2v) is 6.95. The van der Waals surface area contributed by atoms with Gasteiger partial charge in [0.25, 0.3) is 0 Å². The smallest absolute Gasteiger partial charge is 0.0868 e. The minimum absolute atomic E-state index is 0.927. The summed E-state index contributed by atoms with van der Waals surface area (Å²) >= 11 is 0. The van der Waals surface area contributed by atoms with E-state index in [0.717, 1.165) is 29.6 Å². The van der Waals surface area contributed by atoms with Gasteiger partial charge >= 0.3 is 0 Å². The molecule has 1 heteroatoms. The average Bonchev–Trinajstić information content (AvgIpc) is 3.07. The number of benzene rings is 1. The van der Waals surface area contributed by atoms with E-state index in [2.05, 4.69) is 25.5 Å². The monoisotopic (exact) mass is 221 g/mol. The van der Waals surface area contributed by atoms with Crippen molar-refractivity contribution in [3.63, 3.8) is 0 Å². The summed E-state index contributed by atoms with van der Waals surface area (Å²) in [5, 5.41) is 0. The highest BCUT2D eigenvalue weighted by molar-refractivity contribution is 6.87. The lowest BCUT2D eigenvalue weighted by molar-refractivity contribution is -0.00240. The molecule has 85 valence electrons. The third-order valence-corrected chi connectivity index (χ3v) is 5.98. The molecule has 4 bridgehead atoms. The van der Waals surface area contributed by atoms with Crippen molar-refractivity contribution in [3.05, 3.63) is 23.8 Å². The Hall–Kier alpha value is -0.715. The Labute approximate surface area is 104 Å². The van der Waals surface area contributed by atoms with Crippen LogP contribution in [0.2, 0.25) is 0 Å². The van der Waals surface area contributed by atoms with Crippen LogP contribution < -0.4 is 10.9 Å². The maximum absolute atomic E-state index is 2.43. The first kappa shape index (κ1) is 9.25. The molecular formula is C16H18B. The third kappa shape index (κ3) is 1.21. The zero-order valence-electron chi connectivity index (χ0n) is 10.2. The van der Waals surface area contributed by atoms with Crippen LogP contribution in [-0.2, 0) is 0 Å². The molecule has 17 heavy (non-hydrogen) atoms. The fraction of sp³-hybridized carbons (Fsp3) is 0.625. The molecule has 0 saturated heterocycles. The van der Waals surface area contributed by atoms with Gasteiger partial charge in [-0.1, -0.05) is 34.7 Å². The molecule has 1 aliphatic heterocycles. The van der Waals surface area contributed by atoms with Crippen molar-refractivity contribution < 1.29 is 0 Å². The summed E-state index contributed by atoms with van der Waals surface area (Å²) in [6.07, 6.45) is 7.74. The second-order valence-electron chi connectivity index (χ2n) is 6.95. The van der Waals surface area contributed by atoms with Gasteiger partial charge in [0.15, 0.2) is 7.28 Å². The van der Waals surface area contributed by atoms with Gasteiger partial charge in [-0.05, 0) is 61.7 Å². The number of fused-ring (bicyclic) bond motifs is 1. The highest BCUT2D eigenvalue weighted by Gasteiger charge is 2.49. The predicted molar refractivity (Wildman–Crippen MR) is 71.3 cm³/mol. The molecule has 0 amide bonds. The molecule has 4 fully saturated rings. The lowest BCUT2D eigenvalue weighted by Gasteiger charge is -2.54. The van der Waals surface area contributed by atoms with E-state index in [-0.39, 0.29) is 0 Å². The van der Waals surface area contributed by atoms with Crippen molar-refractivity contribution in [2.24, 2.45) is 23.7 Å². The molecule has 0 aromatic heterocycles. The molecule has 5 aliphatic rings. The van der Waals surface area contributed by atoms with Gasteiger partial charge in [0, 0.05) is 0 Å². The summed E-state index contributed by atoms with van der Waals surface area (Å²) in [6, 6.07) is 6.98. The number of rotatable bonds is 1. The highest BCUT2D eigenvalue weighted by atomic mass is 14.5. The largest absolute Gasteiger partial charge is 0.190 e. The second kappa shape index (κ2) is 2.99. The fourth-order valence-electron chi connectivity index (χ4n) is 5.58. The Morgan fingerprint density at radius 1 is 0.882 bits per heavy atom. The van der Waals surface area contributed by atoms with Crippen LogP contribution in [0.3, 0.4) is 0 Å². The minimum Gasteiger partial charge on any atom is -0.0868 e. The van der Waals surface area contributed by atoms with Crippen molar-refractivity contribution in [2.45, 2.75) is 38.0 Å². The van der Waals surface area contributed by atoms with Crippen molar-refractivity contribution in [1.82, 2.24) is 0 Å². The molecule has 0 N–H and O–H groups in total. The average molecular weight is 221 g/mol. The van der Waals surface area contributed by atoms with Crippen molar-refractivity contribution >= 4 is 18.2 Å². The van der Waals surface area contributed by atoms with Gasteiger partial charge in [0.1, 0.15) is 0 Å². The Morgan fingerprint density at radius 2 is 1.59 bits per heavy atom. The number of hydrogen-bond donors (Lipinski definition) is 0. The molecule has 4 aliphatic carbocycles. The molecule has 0 nitrogen and oxygen atoms in total. The third-order valence-electron chi connectivity index (χ3n) is 5.98. The van der Waals surface area contributed by atoms with Crippen molar-refractivity contribution in [1.29, 1.82) is 0 Å². The molecule has 1 heterocycles. The normalized spacial score (nSPS) is 44.4. The quantitative estimate of drug-likeness (QED) is 0.647. The molecule has 1 aromatic rings. The maximum atomic E-state index is 2.43. The fourth-order valence-corrected chi connectivity index (χ4v) is 5.58. The lowest BCUT2D eigenvalue weighted by Crippen LogP contribution is -2.44. The SMILES string of the molecule is [B]1c2cccc(C3C4CC5CC(C4)CC3C5)c21. The summed E-state index contributed by atoms with van der Waals surface area (Å²) < 4.78 is 0. The van der Waals surface area contributed by atoms with Crippen molar-refractivity contribution in [2.75, 3.05) is 0 Å². The Kier molecular flexibility index (Phi) is 1.63. The van der Waals surface area contributed by atoms with Crippen LogP contribution in [0.25, 0.3) is 0 Å². The highest BCUT2D eigenvalue weighted by Crippen LogP contribution is 2.59. The van der Waals surface area contributed by atoms with Crippen LogP contribution in [0.15, 0.2) is 18.2 Å². The summed E-state index contributed by atoms with van der Waals surface area (Å²) in [4.78, 5) is 0. The van der Waals surface area contributed by atoms with Gasteiger partial charge < -0.3 is 0 Å².